The highest BCUT2D eigenvalue weighted by atomic mass is 19.1. The van der Waals surface area contributed by atoms with Crippen molar-refractivity contribution in [3.05, 3.63) is 70.5 Å². The maximum absolute atomic E-state index is 14.2. The van der Waals surface area contributed by atoms with Crippen molar-refractivity contribution in [2.45, 2.75) is 6.92 Å². The third kappa shape index (κ3) is 2.57. The van der Waals surface area contributed by atoms with Crippen LogP contribution in [-0.2, 0) is 0 Å². The molecular formula is C21H15FN6O. The van der Waals surface area contributed by atoms with Crippen molar-refractivity contribution in [2.75, 3.05) is 5.73 Å². The third-order valence-electron chi connectivity index (χ3n) is 4.95. The molecule has 0 saturated carbocycles. The van der Waals surface area contributed by atoms with E-state index in [0.717, 1.165) is 5.56 Å². The van der Waals surface area contributed by atoms with Gasteiger partial charge in [0, 0.05) is 17.1 Å². The van der Waals surface area contributed by atoms with Crippen LogP contribution >= 0.6 is 0 Å². The van der Waals surface area contributed by atoms with Gasteiger partial charge in [-0.05, 0) is 42.3 Å². The molecule has 0 saturated heterocycles. The highest BCUT2D eigenvalue weighted by molar-refractivity contribution is 6.06. The third-order valence-corrected chi connectivity index (χ3v) is 4.95. The van der Waals surface area contributed by atoms with Gasteiger partial charge in [-0.2, -0.15) is 5.10 Å². The molecule has 0 aliphatic rings. The van der Waals surface area contributed by atoms with Crippen LogP contribution in [0.2, 0.25) is 0 Å². The zero-order valence-electron chi connectivity index (χ0n) is 15.3. The van der Waals surface area contributed by atoms with Crippen molar-refractivity contribution in [2.24, 2.45) is 0 Å². The summed E-state index contributed by atoms with van der Waals surface area (Å²) in [6.45, 7) is 1.90. The standard InChI is InChI=1S/C21H15FN6O/c1-10-8-15-20(27-18(10)14-4-2-3-7-24-14)16(17(23)21(29)26-15)11-5-6-13(22)19-12(11)9-25-28-19/h2-9H,23H2,1H3,(H,25,28)(H,26,29). The molecule has 29 heavy (non-hydrogen) atoms. The molecule has 0 amide bonds. The Bertz CT molecular complexity index is 1460. The number of anilines is 1. The summed E-state index contributed by atoms with van der Waals surface area (Å²) in [5, 5.41) is 7.10. The molecule has 8 heteroatoms. The molecule has 1 aromatic carbocycles. The van der Waals surface area contributed by atoms with Crippen molar-refractivity contribution in [3.63, 3.8) is 0 Å². The van der Waals surface area contributed by atoms with Gasteiger partial charge in [0.1, 0.15) is 17.0 Å². The number of nitrogens with two attached hydrogens (primary N) is 1. The molecule has 4 N–H and O–H groups in total. The Morgan fingerprint density at radius 3 is 2.83 bits per heavy atom. The second-order valence-electron chi connectivity index (χ2n) is 6.76. The molecular weight excluding hydrogens is 371 g/mol. The Morgan fingerprint density at radius 1 is 1.17 bits per heavy atom. The lowest BCUT2D eigenvalue weighted by Gasteiger charge is -2.13. The fourth-order valence-corrected chi connectivity index (χ4v) is 3.58. The van der Waals surface area contributed by atoms with Crippen molar-refractivity contribution >= 4 is 27.6 Å². The van der Waals surface area contributed by atoms with E-state index in [2.05, 4.69) is 20.2 Å². The first-order valence-corrected chi connectivity index (χ1v) is 8.91. The SMILES string of the molecule is Cc1cc2[nH]c(=O)c(N)c(-c3ccc(F)c4[nH]ncc34)c2nc1-c1ccccn1. The van der Waals surface area contributed by atoms with Crippen molar-refractivity contribution in [3.8, 4) is 22.5 Å². The summed E-state index contributed by atoms with van der Waals surface area (Å²) < 4.78 is 14.2. The van der Waals surface area contributed by atoms with E-state index in [1.54, 1.807) is 12.3 Å². The minimum atomic E-state index is -0.438. The molecule has 7 nitrogen and oxygen atoms in total. The number of nitrogens with one attached hydrogen (secondary N) is 2. The number of hydrogen-bond donors (Lipinski definition) is 3. The summed E-state index contributed by atoms with van der Waals surface area (Å²) in [6, 6.07) is 10.3. The van der Waals surface area contributed by atoms with E-state index >= 15 is 0 Å². The van der Waals surface area contributed by atoms with Crippen molar-refractivity contribution in [1.29, 1.82) is 0 Å². The summed E-state index contributed by atoms with van der Waals surface area (Å²) in [5.74, 6) is -0.438. The van der Waals surface area contributed by atoms with Gasteiger partial charge in [0.05, 0.1) is 28.6 Å². The van der Waals surface area contributed by atoms with Gasteiger partial charge in [-0.25, -0.2) is 9.37 Å². The Hall–Kier alpha value is -4.07. The Labute approximate surface area is 163 Å². The zero-order valence-corrected chi connectivity index (χ0v) is 15.3. The number of aromatic nitrogens is 5. The Kier molecular flexibility index (Phi) is 3.67. The van der Waals surface area contributed by atoms with Crippen LogP contribution in [0.15, 0.2) is 53.6 Å². The average molecular weight is 386 g/mol. The molecule has 0 radical (unpaired) electrons. The number of rotatable bonds is 2. The van der Waals surface area contributed by atoms with E-state index in [0.29, 0.717) is 38.9 Å². The molecule has 0 atom stereocenters. The van der Waals surface area contributed by atoms with Gasteiger partial charge in [-0.1, -0.05) is 12.1 Å². The quantitative estimate of drug-likeness (QED) is 0.429. The first kappa shape index (κ1) is 17.1. The molecule has 0 spiro atoms. The Morgan fingerprint density at radius 2 is 2.03 bits per heavy atom. The number of halogens is 1. The molecule has 5 rings (SSSR count). The topological polar surface area (TPSA) is 113 Å². The van der Waals surface area contributed by atoms with Crippen molar-refractivity contribution in [1.82, 2.24) is 25.1 Å². The molecule has 4 aromatic heterocycles. The predicted molar refractivity (Wildman–Crippen MR) is 110 cm³/mol. The largest absolute Gasteiger partial charge is 0.394 e. The van der Waals surface area contributed by atoms with Crippen LogP contribution in [-0.4, -0.2) is 25.1 Å². The smallest absolute Gasteiger partial charge is 0.272 e. The van der Waals surface area contributed by atoms with Crippen LogP contribution in [0, 0.1) is 12.7 Å². The van der Waals surface area contributed by atoms with Gasteiger partial charge in [-0.3, -0.25) is 14.9 Å². The summed E-state index contributed by atoms with van der Waals surface area (Å²) in [4.78, 5) is 24.5. The molecule has 0 bridgehead atoms. The molecule has 4 heterocycles. The van der Waals surface area contributed by atoms with Crippen LogP contribution in [0.4, 0.5) is 10.1 Å². The van der Waals surface area contributed by atoms with E-state index in [-0.39, 0.29) is 11.2 Å². The van der Waals surface area contributed by atoms with Crippen LogP contribution < -0.4 is 11.3 Å². The van der Waals surface area contributed by atoms with Gasteiger partial charge in [0.25, 0.3) is 5.56 Å². The van der Waals surface area contributed by atoms with Crippen molar-refractivity contribution < 1.29 is 4.39 Å². The number of aryl methyl sites for hydroxylation is 1. The maximum Gasteiger partial charge on any atom is 0.272 e. The molecule has 5 aromatic rings. The van der Waals surface area contributed by atoms with Gasteiger partial charge in [0.2, 0.25) is 0 Å². The molecule has 0 aliphatic carbocycles. The van der Waals surface area contributed by atoms with E-state index in [9.17, 15) is 9.18 Å². The number of fused-ring (bicyclic) bond motifs is 2. The minimum Gasteiger partial charge on any atom is -0.394 e. The molecule has 0 unspecified atom stereocenters. The number of pyridine rings is 3. The Balaban J connectivity index is 1.92. The van der Waals surface area contributed by atoms with Gasteiger partial charge >= 0.3 is 0 Å². The number of H-pyrrole nitrogens is 2. The number of nitrogen functional groups attached to an aromatic ring is 1. The van der Waals surface area contributed by atoms with E-state index in [1.807, 2.05) is 31.2 Å². The summed E-state index contributed by atoms with van der Waals surface area (Å²) >= 11 is 0. The second kappa shape index (κ2) is 6.23. The second-order valence-corrected chi connectivity index (χ2v) is 6.76. The highest BCUT2D eigenvalue weighted by Gasteiger charge is 2.19. The lowest BCUT2D eigenvalue weighted by molar-refractivity contribution is 0.636. The lowest BCUT2D eigenvalue weighted by Crippen LogP contribution is -2.14. The number of aromatic amines is 2. The van der Waals surface area contributed by atoms with Gasteiger partial charge in [0.15, 0.2) is 0 Å². The first-order valence-electron chi connectivity index (χ1n) is 8.91. The molecule has 0 aliphatic heterocycles. The number of hydrogen-bond acceptors (Lipinski definition) is 5. The first-order chi connectivity index (χ1) is 14.0. The summed E-state index contributed by atoms with van der Waals surface area (Å²) in [7, 11) is 0. The van der Waals surface area contributed by atoms with E-state index in [4.69, 9.17) is 10.7 Å². The molecule has 0 fully saturated rings. The van der Waals surface area contributed by atoms with Crippen LogP contribution in [0.3, 0.4) is 0 Å². The highest BCUT2D eigenvalue weighted by Crippen LogP contribution is 2.36. The fourth-order valence-electron chi connectivity index (χ4n) is 3.58. The fraction of sp³-hybridized carbons (Fsp3) is 0.0476. The lowest BCUT2D eigenvalue weighted by atomic mass is 9.98. The van der Waals surface area contributed by atoms with E-state index < -0.39 is 11.4 Å². The minimum absolute atomic E-state index is 0.00920. The normalized spacial score (nSPS) is 11.4. The van der Waals surface area contributed by atoms with Gasteiger partial charge in [-0.15, -0.1) is 0 Å². The summed E-state index contributed by atoms with van der Waals surface area (Å²) in [6.07, 6.45) is 3.20. The van der Waals surface area contributed by atoms with Crippen LogP contribution in [0.5, 0.6) is 0 Å². The van der Waals surface area contributed by atoms with Crippen LogP contribution in [0.25, 0.3) is 44.5 Å². The number of benzene rings is 1. The monoisotopic (exact) mass is 386 g/mol. The van der Waals surface area contributed by atoms with Gasteiger partial charge < -0.3 is 10.7 Å². The molecule has 142 valence electrons. The number of nitrogens with zero attached hydrogens (tertiary/aromatic N) is 3. The maximum atomic E-state index is 14.2. The zero-order chi connectivity index (χ0) is 20.1. The van der Waals surface area contributed by atoms with E-state index in [1.165, 1.54) is 12.3 Å². The van der Waals surface area contributed by atoms with Crippen LogP contribution in [0.1, 0.15) is 5.56 Å². The average Bonchev–Trinajstić information content (AvgIpc) is 3.22. The predicted octanol–water partition coefficient (Wildman–Crippen LogP) is 3.56. The summed E-state index contributed by atoms with van der Waals surface area (Å²) in [5.41, 5.74) is 10.3.